The zero-order valence-corrected chi connectivity index (χ0v) is 10.4. The predicted molar refractivity (Wildman–Crippen MR) is 70.2 cm³/mol. The molecule has 0 radical (unpaired) electrons. The van der Waals surface area contributed by atoms with Crippen molar-refractivity contribution in [2.75, 3.05) is 26.3 Å². The van der Waals surface area contributed by atoms with Crippen molar-refractivity contribution in [1.29, 1.82) is 0 Å². The van der Waals surface area contributed by atoms with Crippen LogP contribution in [0, 0.1) is 0 Å². The minimum atomic E-state index is 0.551. The maximum absolute atomic E-state index is 5.63. The van der Waals surface area contributed by atoms with Crippen LogP contribution in [-0.4, -0.2) is 31.2 Å². The van der Waals surface area contributed by atoms with E-state index in [0.717, 1.165) is 44.0 Å². The summed E-state index contributed by atoms with van der Waals surface area (Å²) in [7, 11) is 0. The molecule has 96 valence electrons. The van der Waals surface area contributed by atoms with Crippen molar-refractivity contribution in [3.63, 3.8) is 0 Å². The average molecular weight is 246 g/mol. The highest BCUT2D eigenvalue weighted by atomic mass is 16.5. The molecule has 2 heterocycles. The van der Waals surface area contributed by atoms with Crippen molar-refractivity contribution >= 4 is 11.0 Å². The summed E-state index contributed by atoms with van der Waals surface area (Å²) in [6, 6.07) is 6.20. The first-order chi connectivity index (χ1) is 8.86. The van der Waals surface area contributed by atoms with Crippen LogP contribution in [0.4, 0.5) is 0 Å². The van der Waals surface area contributed by atoms with E-state index in [9.17, 15) is 0 Å². The number of nitrogens with zero attached hydrogens (tertiary/aromatic N) is 1. The van der Waals surface area contributed by atoms with Crippen LogP contribution in [0.5, 0.6) is 0 Å². The zero-order valence-electron chi connectivity index (χ0n) is 10.4. The summed E-state index contributed by atoms with van der Waals surface area (Å²) in [5.74, 6) is 0. The molecule has 0 spiro atoms. The molecule has 0 bridgehead atoms. The van der Waals surface area contributed by atoms with Crippen LogP contribution in [0.3, 0.4) is 0 Å². The van der Waals surface area contributed by atoms with E-state index in [1.54, 1.807) is 0 Å². The Bertz CT molecular complexity index is 530. The summed E-state index contributed by atoms with van der Waals surface area (Å²) in [6.07, 6.45) is 1.86. The van der Waals surface area contributed by atoms with Gasteiger partial charge in [-0.1, -0.05) is 12.1 Å². The smallest absolute Gasteiger partial charge is 0.134 e. The number of fused-ring (bicyclic) bond motifs is 1. The average Bonchev–Trinajstić information content (AvgIpc) is 2.82. The Kier molecular flexibility index (Phi) is 3.32. The van der Waals surface area contributed by atoms with E-state index in [0.29, 0.717) is 6.54 Å². The topological polar surface area (TPSA) is 51.6 Å². The third-order valence-electron chi connectivity index (χ3n) is 3.45. The molecule has 1 aliphatic rings. The normalized spacial score (nSPS) is 17.4. The van der Waals surface area contributed by atoms with Crippen molar-refractivity contribution in [2.24, 2.45) is 5.73 Å². The fraction of sp³-hybridized carbons (Fsp3) is 0.429. The highest BCUT2D eigenvalue weighted by Crippen LogP contribution is 2.23. The van der Waals surface area contributed by atoms with Gasteiger partial charge in [-0.2, -0.15) is 0 Å². The largest absolute Gasteiger partial charge is 0.464 e. The number of hydrogen-bond acceptors (Lipinski definition) is 4. The minimum Gasteiger partial charge on any atom is -0.464 e. The summed E-state index contributed by atoms with van der Waals surface area (Å²) in [6.45, 7) is 5.12. The second kappa shape index (κ2) is 5.10. The van der Waals surface area contributed by atoms with Gasteiger partial charge < -0.3 is 14.9 Å². The van der Waals surface area contributed by atoms with E-state index in [1.165, 1.54) is 10.9 Å². The van der Waals surface area contributed by atoms with Crippen molar-refractivity contribution in [2.45, 2.75) is 13.1 Å². The van der Waals surface area contributed by atoms with Gasteiger partial charge in [-0.3, -0.25) is 4.90 Å². The van der Waals surface area contributed by atoms with Gasteiger partial charge in [0.1, 0.15) is 5.58 Å². The Hall–Kier alpha value is -1.36. The van der Waals surface area contributed by atoms with Gasteiger partial charge in [-0.15, -0.1) is 0 Å². The predicted octanol–water partition coefficient (Wildman–Crippen LogP) is 1.72. The van der Waals surface area contributed by atoms with Gasteiger partial charge in [0.05, 0.1) is 19.5 Å². The number of morpholine rings is 1. The van der Waals surface area contributed by atoms with Gasteiger partial charge >= 0.3 is 0 Å². The molecule has 1 aliphatic heterocycles. The van der Waals surface area contributed by atoms with Crippen LogP contribution in [-0.2, 0) is 17.8 Å². The maximum atomic E-state index is 5.63. The highest BCUT2D eigenvalue weighted by molar-refractivity contribution is 5.81. The number of ether oxygens (including phenoxy) is 1. The zero-order chi connectivity index (χ0) is 12.4. The lowest BCUT2D eigenvalue weighted by atomic mass is 10.1. The van der Waals surface area contributed by atoms with Crippen LogP contribution in [0.25, 0.3) is 11.0 Å². The molecule has 4 heteroatoms. The molecule has 1 aromatic heterocycles. The van der Waals surface area contributed by atoms with Crippen LogP contribution in [0.2, 0.25) is 0 Å². The SMILES string of the molecule is NCc1ccc2c(CN3CCOCC3)coc2c1. The van der Waals surface area contributed by atoms with E-state index < -0.39 is 0 Å². The van der Waals surface area contributed by atoms with Gasteiger partial charge in [0.25, 0.3) is 0 Å². The number of nitrogens with two attached hydrogens (primary N) is 1. The fourth-order valence-corrected chi connectivity index (χ4v) is 2.38. The van der Waals surface area contributed by atoms with Crippen LogP contribution >= 0.6 is 0 Å². The molecule has 2 N–H and O–H groups in total. The molecule has 1 fully saturated rings. The maximum Gasteiger partial charge on any atom is 0.134 e. The highest BCUT2D eigenvalue weighted by Gasteiger charge is 2.14. The third kappa shape index (κ3) is 2.27. The summed E-state index contributed by atoms with van der Waals surface area (Å²) >= 11 is 0. The number of hydrogen-bond donors (Lipinski definition) is 1. The van der Waals surface area contributed by atoms with Crippen LogP contribution < -0.4 is 5.73 Å². The molecule has 0 amide bonds. The molecule has 2 aromatic rings. The van der Waals surface area contributed by atoms with E-state index in [4.69, 9.17) is 14.9 Å². The fourth-order valence-electron chi connectivity index (χ4n) is 2.38. The van der Waals surface area contributed by atoms with Gasteiger partial charge in [0, 0.05) is 37.1 Å². The molecule has 4 nitrogen and oxygen atoms in total. The molecule has 1 aromatic carbocycles. The Morgan fingerprint density at radius 3 is 2.83 bits per heavy atom. The summed E-state index contributed by atoms with van der Waals surface area (Å²) in [5, 5.41) is 1.19. The number of benzene rings is 1. The Balaban J connectivity index is 1.83. The standard InChI is InChI=1S/C14H18N2O2/c15-8-11-1-2-13-12(10-18-14(13)7-11)9-16-3-5-17-6-4-16/h1-2,7,10H,3-6,8-9,15H2. The van der Waals surface area contributed by atoms with Crippen LogP contribution in [0.15, 0.2) is 28.9 Å². The van der Waals surface area contributed by atoms with E-state index in [2.05, 4.69) is 17.0 Å². The third-order valence-corrected chi connectivity index (χ3v) is 3.45. The molecular weight excluding hydrogens is 228 g/mol. The first kappa shape index (κ1) is 11.7. The minimum absolute atomic E-state index is 0.551. The van der Waals surface area contributed by atoms with Gasteiger partial charge in [0.15, 0.2) is 0 Å². The van der Waals surface area contributed by atoms with Crippen molar-refractivity contribution in [1.82, 2.24) is 4.90 Å². The molecule has 0 saturated carbocycles. The summed E-state index contributed by atoms with van der Waals surface area (Å²) < 4.78 is 11.0. The molecule has 3 rings (SSSR count). The van der Waals surface area contributed by atoms with Crippen molar-refractivity contribution in [3.05, 3.63) is 35.6 Å². The molecule has 18 heavy (non-hydrogen) atoms. The molecular formula is C14H18N2O2. The molecule has 1 saturated heterocycles. The summed E-state index contributed by atoms with van der Waals surface area (Å²) in [5.41, 5.74) is 8.92. The van der Waals surface area contributed by atoms with Crippen LogP contribution in [0.1, 0.15) is 11.1 Å². The summed E-state index contributed by atoms with van der Waals surface area (Å²) in [4.78, 5) is 2.39. The first-order valence-electron chi connectivity index (χ1n) is 6.36. The quantitative estimate of drug-likeness (QED) is 0.896. The van der Waals surface area contributed by atoms with Gasteiger partial charge in [-0.25, -0.2) is 0 Å². The Morgan fingerprint density at radius 1 is 1.22 bits per heavy atom. The molecule has 0 atom stereocenters. The van der Waals surface area contributed by atoms with Crippen molar-refractivity contribution in [3.8, 4) is 0 Å². The Labute approximate surface area is 106 Å². The van der Waals surface area contributed by atoms with Gasteiger partial charge in [0.2, 0.25) is 0 Å². The Morgan fingerprint density at radius 2 is 2.06 bits per heavy atom. The number of rotatable bonds is 3. The lowest BCUT2D eigenvalue weighted by Crippen LogP contribution is -2.35. The lowest BCUT2D eigenvalue weighted by molar-refractivity contribution is 0.0342. The molecule has 0 unspecified atom stereocenters. The monoisotopic (exact) mass is 246 g/mol. The van der Waals surface area contributed by atoms with Gasteiger partial charge in [-0.05, 0) is 11.6 Å². The molecule has 0 aliphatic carbocycles. The lowest BCUT2D eigenvalue weighted by Gasteiger charge is -2.26. The van der Waals surface area contributed by atoms with E-state index in [1.807, 2.05) is 12.3 Å². The second-order valence-corrected chi connectivity index (χ2v) is 4.68. The number of furan rings is 1. The second-order valence-electron chi connectivity index (χ2n) is 4.68. The van der Waals surface area contributed by atoms with Crippen molar-refractivity contribution < 1.29 is 9.15 Å². The van der Waals surface area contributed by atoms with E-state index >= 15 is 0 Å². The first-order valence-corrected chi connectivity index (χ1v) is 6.36. The van der Waals surface area contributed by atoms with E-state index in [-0.39, 0.29) is 0 Å².